The van der Waals surface area contributed by atoms with Gasteiger partial charge in [-0.2, -0.15) is 0 Å². The predicted molar refractivity (Wildman–Crippen MR) is 67.6 cm³/mol. The average Bonchev–Trinajstić information content (AvgIpc) is 2.31. The average molecular weight is 230 g/mol. The van der Waals surface area contributed by atoms with Crippen LogP contribution in [0.1, 0.15) is 5.69 Å². The van der Waals surface area contributed by atoms with Crippen LogP contribution in [0, 0.1) is 0 Å². The molecule has 0 aliphatic heterocycles. The fraction of sp³-hybridized carbons (Fsp3) is 0. The number of aromatic nitrogens is 2. The molecular formula is C11H10N4S. The largest absolute Gasteiger partial charge is 0.388 e. The van der Waals surface area contributed by atoms with Gasteiger partial charge in [-0.1, -0.05) is 12.2 Å². The Morgan fingerprint density at radius 1 is 1.25 bits per heavy atom. The highest BCUT2D eigenvalue weighted by atomic mass is 32.1. The molecule has 2 aromatic heterocycles. The molecule has 0 aliphatic rings. The Hall–Kier alpha value is -2.01. The van der Waals surface area contributed by atoms with Crippen molar-refractivity contribution in [1.29, 1.82) is 0 Å². The molecule has 0 saturated carbocycles. The normalized spacial score (nSPS) is 9.75. The molecule has 0 atom stereocenters. The quantitative estimate of drug-likeness (QED) is 0.788. The third-order valence-electron chi connectivity index (χ3n) is 1.98. The molecule has 0 unspecified atom stereocenters. The van der Waals surface area contributed by atoms with Gasteiger partial charge in [0.15, 0.2) is 0 Å². The Labute approximate surface area is 98.5 Å². The monoisotopic (exact) mass is 230 g/mol. The van der Waals surface area contributed by atoms with E-state index >= 15 is 0 Å². The minimum absolute atomic E-state index is 0.270. The van der Waals surface area contributed by atoms with E-state index in [1.807, 2.05) is 24.3 Å². The van der Waals surface area contributed by atoms with Crippen LogP contribution in [0.15, 0.2) is 42.9 Å². The molecule has 0 radical (unpaired) electrons. The molecule has 2 heterocycles. The number of nitrogens with one attached hydrogen (secondary N) is 1. The summed E-state index contributed by atoms with van der Waals surface area (Å²) in [5.74, 6) is 0. The van der Waals surface area contributed by atoms with Crippen LogP contribution in [0.3, 0.4) is 0 Å². The molecule has 80 valence electrons. The second kappa shape index (κ2) is 4.67. The van der Waals surface area contributed by atoms with Gasteiger partial charge in [0, 0.05) is 12.4 Å². The second-order valence-electron chi connectivity index (χ2n) is 3.13. The van der Waals surface area contributed by atoms with Gasteiger partial charge >= 0.3 is 0 Å². The molecule has 3 N–H and O–H groups in total. The highest BCUT2D eigenvalue weighted by Gasteiger charge is 2.05. The van der Waals surface area contributed by atoms with E-state index in [-0.39, 0.29) is 4.99 Å². The number of hydrogen-bond acceptors (Lipinski definition) is 4. The highest BCUT2D eigenvalue weighted by Crippen LogP contribution is 2.17. The van der Waals surface area contributed by atoms with Gasteiger partial charge in [-0.25, -0.2) is 0 Å². The van der Waals surface area contributed by atoms with Gasteiger partial charge in [-0.05, 0) is 24.3 Å². The molecule has 5 heteroatoms. The summed E-state index contributed by atoms with van der Waals surface area (Å²) in [7, 11) is 0. The van der Waals surface area contributed by atoms with Crippen LogP contribution < -0.4 is 11.1 Å². The second-order valence-corrected chi connectivity index (χ2v) is 3.57. The van der Waals surface area contributed by atoms with Gasteiger partial charge in [-0.3, -0.25) is 9.97 Å². The third kappa shape index (κ3) is 2.32. The number of nitrogens with zero attached hydrogens (tertiary/aromatic N) is 2. The van der Waals surface area contributed by atoms with E-state index in [4.69, 9.17) is 18.0 Å². The van der Waals surface area contributed by atoms with Crippen molar-refractivity contribution in [3.05, 3.63) is 48.5 Å². The van der Waals surface area contributed by atoms with Crippen LogP contribution in [-0.2, 0) is 0 Å². The molecule has 0 fully saturated rings. The zero-order valence-electron chi connectivity index (χ0n) is 8.42. The topological polar surface area (TPSA) is 63.8 Å². The Kier molecular flexibility index (Phi) is 3.07. The fourth-order valence-corrected chi connectivity index (χ4v) is 1.46. The summed E-state index contributed by atoms with van der Waals surface area (Å²) >= 11 is 4.93. The van der Waals surface area contributed by atoms with Gasteiger partial charge < -0.3 is 11.1 Å². The summed E-state index contributed by atoms with van der Waals surface area (Å²) in [5, 5.41) is 3.16. The first-order valence-corrected chi connectivity index (χ1v) is 5.10. The molecule has 0 bridgehead atoms. The number of anilines is 2. The molecule has 16 heavy (non-hydrogen) atoms. The van der Waals surface area contributed by atoms with Gasteiger partial charge in [0.2, 0.25) is 0 Å². The van der Waals surface area contributed by atoms with E-state index in [1.165, 1.54) is 0 Å². The molecule has 0 saturated heterocycles. The van der Waals surface area contributed by atoms with Crippen LogP contribution in [0.25, 0.3) is 0 Å². The van der Waals surface area contributed by atoms with Crippen molar-refractivity contribution < 1.29 is 0 Å². The van der Waals surface area contributed by atoms with E-state index < -0.39 is 0 Å². The van der Waals surface area contributed by atoms with Crippen molar-refractivity contribution in [2.75, 3.05) is 5.32 Å². The summed E-state index contributed by atoms with van der Waals surface area (Å²) in [4.78, 5) is 8.40. The van der Waals surface area contributed by atoms with E-state index in [2.05, 4.69) is 15.3 Å². The standard InChI is InChI=1S/C11H10N4S/c12-11(16)10-9(4-2-6-14-10)15-8-3-1-5-13-7-8/h1-7,15H,(H2,12,16). The fourth-order valence-electron chi connectivity index (χ4n) is 1.29. The van der Waals surface area contributed by atoms with Gasteiger partial charge in [0.05, 0.1) is 17.6 Å². The summed E-state index contributed by atoms with van der Waals surface area (Å²) < 4.78 is 0. The van der Waals surface area contributed by atoms with E-state index in [0.717, 1.165) is 11.4 Å². The zero-order chi connectivity index (χ0) is 11.4. The predicted octanol–water partition coefficient (Wildman–Crippen LogP) is 1.85. The van der Waals surface area contributed by atoms with Crippen LogP contribution in [0.5, 0.6) is 0 Å². The lowest BCUT2D eigenvalue weighted by atomic mass is 10.3. The van der Waals surface area contributed by atoms with Crippen molar-refractivity contribution >= 4 is 28.6 Å². The lowest BCUT2D eigenvalue weighted by molar-refractivity contribution is 1.27. The van der Waals surface area contributed by atoms with Crippen LogP contribution in [0.4, 0.5) is 11.4 Å². The summed E-state index contributed by atoms with van der Waals surface area (Å²) in [6.07, 6.45) is 5.09. The van der Waals surface area contributed by atoms with Crippen LogP contribution in [-0.4, -0.2) is 15.0 Å². The molecule has 2 aromatic rings. The Morgan fingerprint density at radius 2 is 2.06 bits per heavy atom. The number of hydrogen-bond donors (Lipinski definition) is 2. The zero-order valence-corrected chi connectivity index (χ0v) is 9.24. The van der Waals surface area contributed by atoms with Crippen molar-refractivity contribution in [3.8, 4) is 0 Å². The van der Waals surface area contributed by atoms with Crippen molar-refractivity contribution in [1.82, 2.24) is 9.97 Å². The maximum atomic E-state index is 5.58. The van der Waals surface area contributed by atoms with Crippen molar-refractivity contribution in [2.24, 2.45) is 5.73 Å². The SMILES string of the molecule is NC(=S)c1ncccc1Nc1cccnc1. The lowest BCUT2D eigenvalue weighted by Gasteiger charge is -2.09. The minimum atomic E-state index is 0.270. The first kappa shape index (κ1) is 10.5. The molecule has 0 aliphatic carbocycles. The Morgan fingerprint density at radius 3 is 2.75 bits per heavy atom. The number of pyridine rings is 2. The Balaban J connectivity index is 2.31. The number of nitrogens with two attached hydrogens (primary N) is 1. The number of rotatable bonds is 3. The summed E-state index contributed by atoms with van der Waals surface area (Å²) in [6.45, 7) is 0. The molecular weight excluding hydrogens is 220 g/mol. The first-order chi connectivity index (χ1) is 7.77. The molecule has 0 aromatic carbocycles. The van der Waals surface area contributed by atoms with Crippen LogP contribution in [0.2, 0.25) is 0 Å². The van der Waals surface area contributed by atoms with Gasteiger partial charge in [0.1, 0.15) is 10.7 Å². The maximum Gasteiger partial charge on any atom is 0.124 e. The molecule has 0 spiro atoms. The highest BCUT2D eigenvalue weighted by molar-refractivity contribution is 7.80. The summed E-state index contributed by atoms with van der Waals surface area (Å²) in [6, 6.07) is 7.44. The first-order valence-electron chi connectivity index (χ1n) is 4.69. The van der Waals surface area contributed by atoms with Gasteiger partial charge in [0.25, 0.3) is 0 Å². The number of thiocarbonyl (C=S) groups is 1. The van der Waals surface area contributed by atoms with Gasteiger partial charge in [-0.15, -0.1) is 0 Å². The molecule has 0 amide bonds. The summed E-state index contributed by atoms with van der Waals surface area (Å²) in [5.41, 5.74) is 7.82. The van der Waals surface area contributed by atoms with Crippen LogP contribution >= 0.6 is 12.2 Å². The van der Waals surface area contributed by atoms with Crippen molar-refractivity contribution in [2.45, 2.75) is 0 Å². The smallest absolute Gasteiger partial charge is 0.124 e. The van der Waals surface area contributed by atoms with Crippen molar-refractivity contribution in [3.63, 3.8) is 0 Å². The Bertz CT molecular complexity index is 498. The minimum Gasteiger partial charge on any atom is -0.388 e. The van der Waals surface area contributed by atoms with E-state index in [1.54, 1.807) is 18.6 Å². The molecule has 4 nitrogen and oxygen atoms in total. The molecule has 2 rings (SSSR count). The van der Waals surface area contributed by atoms with E-state index in [0.29, 0.717) is 5.69 Å². The third-order valence-corrected chi connectivity index (χ3v) is 2.17. The lowest BCUT2D eigenvalue weighted by Crippen LogP contribution is -2.13. The maximum absolute atomic E-state index is 5.58. The van der Waals surface area contributed by atoms with E-state index in [9.17, 15) is 0 Å².